The standard InChI is InChI=1S/C12H24O2/c1-4-7-8-10-12(14,9-5-2)11(13)6-3/h8,10-11,13-14H,4-7,9H2,1-3H3. The second-order valence-electron chi connectivity index (χ2n) is 3.86. The average molecular weight is 200 g/mol. The lowest BCUT2D eigenvalue weighted by Crippen LogP contribution is -2.39. The molecule has 0 aliphatic heterocycles. The van der Waals surface area contributed by atoms with Gasteiger partial charge in [0.05, 0.1) is 6.10 Å². The highest BCUT2D eigenvalue weighted by Gasteiger charge is 2.30. The molecule has 0 fully saturated rings. The first-order valence-electron chi connectivity index (χ1n) is 5.68. The van der Waals surface area contributed by atoms with E-state index in [9.17, 15) is 10.2 Å². The van der Waals surface area contributed by atoms with Gasteiger partial charge in [0.25, 0.3) is 0 Å². The molecule has 0 rings (SSSR count). The summed E-state index contributed by atoms with van der Waals surface area (Å²) >= 11 is 0. The van der Waals surface area contributed by atoms with Gasteiger partial charge in [0.15, 0.2) is 0 Å². The van der Waals surface area contributed by atoms with Crippen LogP contribution in [0.15, 0.2) is 12.2 Å². The maximum absolute atomic E-state index is 10.2. The van der Waals surface area contributed by atoms with E-state index in [1.165, 1.54) is 0 Å². The molecular weight excluding hydrogens is 176 g/mol. The molecule has 2 atom stereocenters. The van der Waals surface area contributed by atoms with Gasteiger partial charge in [-0.25, -0.2) is 0 Å². The molecule has 2 unspecified atom stereocenters. The molecule has 0 bridgehead atoms. The summed E-state index contributed by atoms with van der Waals surface area (Å²) in [5.74, 6) is 0. The van der Waals surface area contributed by atoms with Crippen LogP contribution in [0.1, 0.15) is 52.9 Å². The van der Waals surface area contributed by atoms with Crippen LogP contribution in [-0.2, 0) is 0 Å². The smallest absolute Gasteiger partial charge is 0.108 e. The van der Waals surface area contributed by atoms with Gasteiger partial charge in [-0.05, 0) is 19.3 Å². The highest BCUT2D eigenvalue weighted by Crippen LogP contribution is 2.22. The molecule has 14 heavy (non-hydrogen) atoms. The number of allylic oxidation sites excluding steroid dienone is 1. The Hall–Kier alpha value is -0.340. The van der Waals surface area contributed by atoms with E-state index < -0.39 is 11.7 Å². The van der Waals surface area contributed by atoms with Crippen molar-refractivity contribution in [3.8, 4) is 0 Å². The molecule has 0 spiro atoms. The van der Waals surface area contributed by atoms with Crippen molar-refractivity contribution in [2.75, 3.05) is 0 Å². The van der Waals surface area contributed by atoms with Crippen LogP contribution in [-0.4, -0.2) is 21.9 Å². The van der Waals surface area contributed by atoms with Gasteiger partial charge in [-0.15, -0.1) is 0 Å². The van der Waals surface area contributed by atoms with E-state index in [-0.39, 0.29) is 0 Å². The molecule has 2 heteroatoms. The van der Waals surface area contributed by atoms with Crippen molar-refractivity contribution in [3.63, 3.8) is 0 Å². The Bertz CT molecular complexity index is 166. The summed E-state index contributed by atoms with van der Waals surface area (Å²) in [4.78, 5) is 0. The largest absolute Gasteiger partial charge is 0.390 e. The van der Waals surface area contributed by atoms with Crippen molar-refractivity contribution in [2.45, 2.75) is 64.6 Å². The molecule has 0 aliphatic rings. The molecule has 0 aliphatic carbocycles. The quantitative estimate of drug-likeness (QED) is 0.620. The lowest BCUT2D eigenvalue weighted by atomic mass is 9.89. The number of rotatable bonds is 7. The van der Waals surface area contributed by atoms with Crippen LogP contribution in [0.5, 0.6) is 0 Å². The Labute approximate surface area is 87.7 Å². The van der Waals surface area contributed by atoms with Gasteiger partial charge in [-0.2, -0.15) is 0 Å². The predicted octanol–water partition coefficient (Wildman–Crippen LogP) is 2.64. The summed E-state index contributed by atoms with van der Waals surface area (Å²) in [6.07, 6.45) is 7.22. The molecular formula is C12H24O2. The zero-order valence-electron chi connectivity index (χ0n) is 9.66. The maximum atomic E-state index is 10.2. The van der Waals surface area contributed by atoms with Gasteiger partial charge in [-0.3, -0.25) is 0 Å². The van der Waals surface area contributed by atoms with Gasteiger partial charge in [0, 0.05) is 0 Å². The fourth-order valence-electron chi connectivity index (χ4n) is 1.57. The lowest BCUT2D eigenvalue weighted by Gasteiger charge is -2.29. The highest BCUT2D eigenvalue weighted by molar-refractivity contribution is 5.04. The van der Waals surface area contributed by atoms with Crippen molar-refractivity contribution in [1.29, 1.82) is 0 Å². The normalized spacial score (nSPS) is 18.4. The van der Waals surface area contributed by atoms with E-state index in [4.69, 9.17) is 0 Å². The van der Waals surface area contributed by atoms with E-state index in [1.807, 2.05) is 19.9 Å². The average Bonchev–Trinajstić information content (AvgIpc) is 2.17. The molecule has 0 aromatic carbocycles. The third kappa shape index (κ3) is 4.25. The molecule has 0 amide bonds. The molecule has 0 saturated heterocycles. The van der Waals surface area contributed by atoms with Gasteiger partial charge in [-0.1, -0.05) is 45.8 Å². The number of hydrogen-bond acceptors (Lipinski definition) is 2. The van der Waals surface area contributed by atoms with Gasteiger partial charge < -0.3 is 10.2 Å². The zero-order chi connectivity index (χ0) is 11.0. The number of aliphatic hydroxyl groups excluding tert-OH is 1. The molecule has 0 saturated carbocycles. The van der Waals surface area contributed by atoms with Crippen LogP contribution in [0.4, 0.5) is 0 Å². The van der Waals surface area contributed by atoms with Gasteiger partial charge in [0.1, 0.15) is 5.60 Å². The van der Waals surface area contributed by atoms with Gasteiger partial charge in [0.2, 0.25) is 0 Å². The monoisotopic (exact) mass is 200 g/mol. The fourth-order valence-corrected chi connectivity index (χ4v) is 1.57. The summed E-state index contributed by atoms with van der Waals surface area (Å²) in [5, 5.41) is 19.9. The van der Waals surface area contributed by atoms with Crippen LogP contribution in [0.3, 0.4) is 0 Å². The van der Waals surface area contributed by atoms with Crippen molar-refractivity contribution in [3.05, 3.63) is 12.2 Å². The van der Waals surface area contributed by atoms with E-state index in [2.05, 4.69) is 6.92 Å². The molecule has 0 aromatic heterocycles. The maximum Gasteiger partial charge on any atom is 0.108 e. The Kier molecular flexibility index (Phi) is 6.85. The molecule has 0 radical (unpaired) electrons. The van der Waals surface area contributed by atoms with E-state index in [0.717, 1.165) is 19.3 Å². The lowest BCUT2D eigenvalue weighted by molar-refractivity contribution is -0.0465. The van der Waals surface area contributed by atoms with Crippen LogP contribution in [0, 0.1) is 0 Å². The first-order valence-corrected chi connectivity index (χ1v) is 5.68. The second kappa shape index (κ2) is 7.02. The summed E-state index contributed by atoms with van der Waals surface area (Å²) in [5.41, 5.74) is -1.02. The minimum atomic E-state index is -1.02. The third-order valence-electron chi connectivity index (χ3n) is 2.48. The predicted molar refractivity (Wildman–Crippen MR) is 60.2 cm³/mol. The van der Waals surface area contributed by atoms with E-state index >= 15 is 0 Å². The number of aliphatic hydroxyl groups is 2. The van der Waals surface area contributed by atoms with Crippen LogP contribution in [0.25, 0.3) is 0 Å². The van der Waals surface area contributed by atoms with Crippen LogP contribution in [0.2, 0.25) is 0 Å². The molecule has 2 N–H and O–H groups in total. The number of hydrogen-bond donors (Lipinski definition) is 2. The van der Waals surface area contributed by atoms with E-state index in [1.54, 1.807) is 6.08 Å². The van der Waals surface area contributed by atoms with Crippen molar-refractivity contribution < 1.29 is 10.2 Å². The first kappa shape index (κ1) is 13.7. The topological polar surface area (TPSA) is 40.5 Å². The van der Waals surface area contributed by atoms with Crippen LogP contribution < -0.4 is 0 Å². The summed E-state index contributed by atoms with van der Waals surface area (Å²) < 4.78 is 0. The Morgan fingerprint density at radius 3 is 2.29 bits per heavy atom. The molecule has 0 heterocycles. The SMILES string of the molecule is CCCC=CC(O)(CCC)C(O)CC. The highest BCUT2D eigenvalue weighted by atomic mass is 16.3. The molecule has 84 valence electrons. The molecule has 2 nitrogen and oxygen atoms in total. The van der Waals surface area contributed by atoms with Crippen molar-refractivity contribution in [2.24, 2.45) is 0 Å². The summed E-state index contributed by atoms with van der Waals surface area (Å²) in [6.45, 7) is 6.00. The number of unbranched alkanes of at least 4 members (excludes halogenated alkanes) is 1. The van der Waals surface area contributed by atoms with Crippen molar-refractivity contribution in [1.82, 2.24) is 0 Å². The molecule has 0 aromatic rings. The third-order valence-corrected chi connectivity index (χ3v) is 2.48. The summed E-state index contributed by atoms with van der Waals surface area (Å²) in [6, 6.07) is 0. The minimum Gasteiger partial charge on any atom is -0.390 e. The Balaban J connectivity index is 4.37. The Morgan fingerprint density at radius 2 is 1.86 bits per heavy atom. The van der Waals surface area contributed by atoms with Crippen molar-refractivity contribution >= 4 is 0 Å². The fraction of sp³-hybridized carbons (Fsp3) is 0.833. The van der Waals surface area contributed by atoms with Gasteiger partial charge >= 0.3 is 0 Å². The zero-order valence-corrected chi connectivity index (χ0v) is 9.66. The summed E-state index contributed by atoms with van der Waals surface area (Å²) in [7, 11) is 0. The second-order valence-corrected chi connectivity index (χ2v) is 3.86. The van der Waals surface area contributed by atoms with E-state index in [0.29, 0.717) is 12.8 Å². The Morgan fingerprint density at radius 1 is 1.21 bits per heavy atom. The van der Waals surface area contributed by atoms with Crippen LogP contribution >= 0.6 is 0 Å². The minimum absolute atomic E-state index is 0.590. The first-order chi connectivity index (χ1) is 6.60.